The first-order valence-electron chi connectivity index (χ1n) is 9.04. The number of benzene rings is 1. The van der Waals surface area contributed by atoms with Crippen LogP contribution in [0.4, 0.5) is 0 Å². The Labute approximate surface area is 198 Å². The van der Waals surface area contributed by atoms with E-state index in [1.54, 1.807) is 7.11 Å². The minimum absolute atomic E-state index is 0. The van der Waals surface area contributed by atoms with E-state index in [4.69, 9.17) is 21.3 Å². The Morgan fingerprint density at radius 3 is 2.48 bits per heavy atom. The number of nitrogens with zero attached hydrogens (tertiary/aromatic N) is 4. The van der Waals surface area contributed by atoms with E-state index in [9.17, 15) is 0 Å². The molecule has 4 aromatic rings. The molecule has 0 spiro atoms. The van der Waals surface area contributed by atoms with Crippen LogP contribution in [-0.4, -0.2) is 31.8 Å². The average Bonchev–Trinajstić information content (AvgIpc) is 3.23. The van der Waals surface area contributed by atoms with E-state index in [2.05, 4.69) is 35.8 Å². The van der Waals surface area contributed by atoms with E-state index in [-0.39, 0.29) is 36.5 Å². The summed E-state index contributed by atoms with van der Waals surface area (Å²) in [6, 6.07) is 9.55. The molecule has 29 heavy (non-hydrogen) atoms. The van der Waals surface area contributed by atoms with Gasteiger partial charge in [-0.2, -0.15) is 5.10 Å². The molecule has 1 N–H and O–H groups in total. The van der Waals surface area contributed by atoms with E-state index < -0.39 is 0 Å². The summed E-state index contributed by atoms with van der Waals surface area (Å²) in [5.74, 6) is 1.19. The average molecular weight is 420 g/mol. The number of nitrogens with one attached hydrogen (secondary N) is 1. The topological polar surface area (TPSA) is 68.6 Å². The van der Waals surface area contributed by atoms with Crippen molar-refractivity contribution in [3.05, 3.63) is 47.2 Å². The van der Waals surface area contributed by atoms with Crippen LogP contribution in [0, 0.1) is 6.92 Å². The Morgan fingerprint density at radius 1 is 1.14 bits per heavy atom. The second-order valence-corrected chi connectivity index (χ2v) is 8.11. The molecule has 3 heterocycles. The van der Waals surface area contributed by atoms with E-state index in [0.717, 1.165) is 33.9 Å². The third-order valence-electron chi connectivity index (χ3n) is 4.68. The number of ether oxygens (including phenoxy) is 1. The predicted octanol–water partition coefficient (Wildman–Crippen LogP) is 2.33. The van der Waals surface area contributed by atoms with Crippen molar-refractivity contribution < 1.29 is 35.7 Å². The van der Waals surface area contributed by atoms with E-state index in [1.807, 2.05) is 48.1 Å². The number of pyridine rings is 1. The number of aromatic amines is 1. The third kappa shape index (κ3) is 3.94. The van der Waals surface area contributed by atoms with Gasteiger partial charge in [0.2, 0.25) is 5.88 Å². The monoisotopic (exact) mass is 419 g/mol. The van der Waals surface area contributed by atoms with Gasteiger partial charge < -0.3 is 11.1 Å². The van der Waals surface area contributed by atoms with Crippen LogP contribution in [0.1, 0.15) is 27.9 Å². The van der Waals surface area contributed by atoms with E-state index in [1.165, 1.54) is 0 Å². The molecule has 4 rings (SSSR count). The van der Waals surface area contributed by atoms with Gasteiger partial charge in [-0.25, -0.2) is 9.97 Å². The summed E-state index contributed by atoms with van der Waals surface area (Å²) in [6.45, 7) is 8.42. The van der Waals surface area contributed by atoms with Gasteiger partial charge in [0, 0.05) is 16.3 Å². The largest absolute Gasteiger partial charge is 1.00 e. The van der Waals surface area contributed by atoms with Gasteiger partial charge in [-0.1, -0.05) is 29.8 Å². The predicted molar refractivity (Wildman–Crippen MR) is 113 cm³/mol. The first-order chi connectivity index (χ1) is 13.3. The van der Waals surface area contributed by atoms with Gasteiger partial charge in [-0.3, -0.25) is 4.68 Å². The molecule has 0 saturated heterocycles. The molecule has 146 valence electrons. The molecule has 0 fully saturated rings. The number of methoxy groups -OCH3 is 1. The van der Waals surface area contributed by atoms with Crippen LogP contribution in [0.25, 0.3) is 33.7 Å². The standard InChI is InChI=1S/C21H22ClN5O.Na.H/c1-12-14(11-23-27(12)21(2,3)4)19-24-17-10-16(13-8-6-7-9-15(13)22)25-20(28-5)18(17)26-19;;/h6-11H,1-5H3,(H,24,26);;/q;+1;-1. The molecular weight excluding hydrogens is 397 g/mol. The van der Waals surface area contributed by atoms with Gasteiger partial charge in [0.1, 0.15) is 5.82 Å². The van der Waals surface area contributed by atoms with Crippen molar-refractivity contribution in [2.24, 2.45) is 0 Å². The molecule has 6 nitrogen and oxygen atoms in total. The summed E-state index contributed by atoms with van der Waals surface area (Å²) in [5, 5.41) is 5.18. The number of halogens is 1. The maximum absolute atomic E-state index is 6.36. The Morgan fingerprint density at radius 2 is 1.86 bits per heavy atom. The molecule has 0 aliphatic carbocycles. The zero-order chi connectivity index (χ0) is 20.1. The van der Waals surface area contributed by atoms with Crippen LogP contribution >= 0.6 is 11.6 Å². The summed E-state index contributed by atoms with van der Waals surface area (Å²) >= 11 is 6.36. The van der Waals surface area contributed by atoms with Crippen LogP contribution in [0.5, 0.6) is 5.88 Å². The molecule has 0 atom stereocenters. The zero-order valence-electron chi connectivity index (χ0n) is 18.5. The molecule has 0 bridgehead atoms. The first kappa shape index (κ1) is 21.8. The van der Waals surface area contributed by atoms with E-state index in [0.29, 0.717) is 16.4 Å². The van der Waals surface area contributed by atoms with Crippen molar-refractivity contribution in [1.29, 1.82) is 0 Å². The van der Waals surface area contributed by atoms with E-state index >= 15 is 0 Å². The first-order valence-corrected chi connectivity index (χ1v) is 9.42. The molecule has 0 aliphatic rings. The normalized spacial score (nSPS) is 11.5. The number of hydrogen-bond donors (Lipinski definition) is 1. The Bertz CT molecular complexity index is 1180. The molecule has 1 aromatic carbocycles. The molecule has 8 heteroatoms. The maximum atomic E-state index is 6.36. The fourth-order valence-electron chi connectivity index (χ4n) is 3.38. The summed E-state index contributed by atoms with van der Waals surface area (Å²) in [5.41, 5.74) is 4.97. The van der Waals surface area contributed by atoms with Crippen LogP contribution in [0.2, 0.25) is 5.02 Å². The fourth-order valence-corrected chi connectivity index (χ4v) is 3.61. The maximum Gasteiger partial charge on any atom is 1.00 e. The van der Waals surface area contributed by atoms with Crippen molar-refractivity contribution in [3.63, 3.8) is 0 Å². The second kappa shape index (κ2) is 8.11. The number of aromatic nitrogens is 5. The fraction of sp³-hybridized carbons (Fsp3) is 0.286. The molecule has 0 saturated carbocycles. The van der Waals surface area contributed by atoms with Gasteiger partial charge in [-0.05, 0) is 39.8 Å². The van der Waals surface area contributed by atoms with Gasteiger partial charge in [0.05, 0.1) is 35.6 Å². The number of fused-ring (bicyclic) bond motifs is 1. The van der Waals surface area contributed by atoms with Crippen LogP contribution < -0.4 is 34.3 Å². The van der Waals surface area contributed by atoms with Crippen LogP contribution in [0.15, 0.2) is 36.5 Å². The summed E-state index contributed by atoms with van der Waals surface area (Å²) in [6.07, 6.45) is 1.84. The number of H-pyrrole nitrogens is 1. The smallest absolute Gasteiger partial charge is 1.00 e. The van der Waals surface area contributed by atoms with Crippen molar-refractivity contribution in [3.8, 4) is 28.5 Å². The van der Waals surface area contributed by atoms with Crippen molar-refractivity contribution >= 4 is 22.6 Å². The minimum Gasteiger partial charge on any atom is -1.00 e. The van der Waals surface area contributed by atoms with Crippen LogP contribution in [0.3, 0.4) is 0 Å². The quantitative estimate of drug-likeness (QED) is 0.517. The summed E-state index contributed by atoms with van der Waals surface area (Å²) < 4.78 is 7.51. The number of hydrogen-bond acceptors (Lipinski definition) is 4. The molecule has 0 aliphatic heterocycles. The van der Waals surface area contributed by atoms with Gasteiger partial charge in [0.15, 0.2) is 5.52 Å². The Kier molecular flexibility index (Phi) is 6.11. The molecule has 0 radical (unpaired) electrons. The zero-order valence-corrected chi connectivity index (χ0v) is 20.3. The number of imidazole rings is 1. The molecule has 3 aromatic heterocycles. The van der Waals surface area contributed by atoms with Crippen LogP contribution in [-0.2, 0) is 5.54 Å². The van der Waals surface area contributed by atoms with Gasteiger partial charge >= 0.3 is 29.6 Å². The Hall–Kier alpha value is -1.86. The van der Waals surface area contributed by atoms with Crippen molar-refractivity contribution in [1.82, 2.24) is 24.7 Å². The van der Waals surface area contributed by atoms with Crippen molar-refractivity contribution in [2.75, 3.05) is 7.11 Å². The SMILES string of the molecule is COc1nc(-c2ccccc2Cl)cc2[nH]c(-c3cnn(C(C)(C)C)c3C)nc12.[H-].[Na+]. The molecule has 0 unspecified atom stereocenters. The minimum atomic E-state index is -0.106. The summed E-state index contributed by atoms with van der Waals surface area (Å²) in [4.78, 5) is 12.7. The van der Waals surface area contributed by atoms with Crippen molar-refractivity contribution in [2.45, 2.75) is 33.2 Å². The summed E-state index contributed by atoms with van der Waals surface area (Å²) in [7, 11) is 1.59. The Balaban J connectivity index is 0.00000160. The third-order valence-corrected chi connectivity index (χ3v) is 5.01. The second-order valence-electron chi connectivity index (χ2n) is 7.70. The molecular formula is C21H23ClN5NaO. The number of rotatable bonds is 3. The van der Waals surface area contributed by atoms with Gasteiger partial charge in [-0.15, -0.1) is 0 Å². The van der Waals surface area contributed by atoms with Gasteiger partial charge in [0.25, 0.3) is 0 Å². The molecule has 0 amide bonds.